The van der Waals surface area contributed by atoms with Crippen LogP contribution in [0.5, 0.6) is 0 Å². The van der Waals surface area contributed by atoms with Crippen molar-refractivity contribution < 1.29 is 0 Å². The van der Waals surface area contributed by atoms with E-state index in [0.717, 1.165) is 6.54 Å². The summed E-state index contributed by atoms with van der Waals surface area (Å²) < 4.78 is 0. The van der Waals surface area contributed by atoms with E-state index in [9.17, 15) is 0 Å². The third kappa shape index (κ3) is 495. The average Bonchev–Trinajstić information content (AvgIpc) is 1.33. The van der Waals surface area contributed by atoms with Gasteiger partial charge in [0.1, 0.15) is 0 Å². The van der Waals surface area contributed by atoms with Gasteiger partial charge in [0.25, 0.3) is 0 Å². The van der Waals surface area contributed by atoms with Gasteiger partial charge in [-0.1, -0.05) is 6.92 Å². The topological polar surface area (TPSA) is 26.0 Å². The molecule has 0 aromatic heterocycles. The maximum absolute atomic E-state index is 4.85. The summed E-state index contributed by atoms with van der Waals surface area (Å²) in [4.78, 5) is 0. The van der Waals surface area contributed by atoms with Gasteiger partial charge in [-0.2, -0.15) is 0 Å². The second-order valence-electron chi connectivity index (χ2n) is 1.75. The Labute approximate surface area is 51.5 Å². The average molecular weight is 165 g/mol. The normalized spacial score (nSPS) is 7.71. The third-order valence-electron chi connectivity index (χ3n) is 0. The van der Waals surface area contributed by atoms with Crippen LogP contribution >= 0.6 is 0 Å². The van der Waals surface area contributed by atoms with Crippen LogP contribution < -0.4 is 5.73 Å². The number of rotatable bonds is 0. The molecule has 0 saturated heterocycles. The van der Waals surface area contributed by atoms with Crippen LogP contribution in [0.1, 0.15) is 6.92 Å². The minimum atomic E-state index is -0.188. The van der Waals surface area contributed by atoms with Crippen LogP contribution in [0.2, 0.25) is 17.1 Å². The standard InChI is InChI=1S/C3H9As.C2H7N/c1-4(2)3;1-2-3/h1-3H3;2-3H2,1H3. The second kappa shape index (κ2) is 9.72. The molecule has 0 spiro atoms. The second-order valence-corrected chi connectivity index (χ2v) is 7.38. The molecule has 0 saturated carbocycles. The predicted molar refractivity (Wildman–Crippen MR) is 38.1 cm³/mol. The molecule has 0 aliphatic rings. The van der Waals surface area contributed by atoms with Crippen molar-refractivity contribution >= 4 is 14.7 Å². The fourth-order valence-electron chi connectivity index (χ4n) is 0. The molecule has 0 unspecified atom stereocenters. The zero-order valence-corrected chi connectivity index (χ0v) is 7.61. The van der Waals surface area contributed by atoms with Gasteiger partial charge < -0.3 is 5.73 Å². The van der Waals surface area contributed by atoms with Crippen LogP contribution in [-0.2, 0) is 0 Å². The molecule has 46 valence electrons. The van der Waals surface area contributed by atoms with Crippen molar-refractivity contribution in [2.75, 3.05) is 6.54 Å². The van der Waals surface area contributed by atoms with Gasteiger partial charge in [-0.05, 0) is 6.54 Å². The van der Waals surface area contributed by atoms with Crippen molar-refractivity contribution in [3.05, 3.63) is 0 Å². The number of nitrogens with two attached hydrogens (primary N) is 1. The summed E-state index contributed by atoms with van der Waals surface area (Å²) in [7, 11) is 0. The van der Waals surface area contributed by atoms with E-state index < -0.39 is 0 Å². The Morgan fingerprint density at radius 2 is 1.29 bits per heavy atom. The molecule has 0 atom stereocenters. The molecule has 0 rings (SSSR count). The Balaban J connectivity index is 0. The molecule has 0 radical (unpaired) electrons. The molecule has 0 aromatic rings. The van der Waals surface area contributed by atoms with E-state index in [-0.39, 0.29) is 14.7 Å². The van der Waals surface area contributed by atoms with Crippen LogP contribution in [0, 0.1) is 0 Å². The van der Waals surface area contributed by atoms with Gasteiger partial charge in [0, 0.05) is 0 Å². The summed E-state index contributed by atoms with van der Waals surface area (Å²) in [6.07, 6.45) is 0. The van der Waals surface area contributed by atoms with Crippen LogP contribution in [0.4, 0.5) is 0 Å². The minimum absolute atomic E-state index is 0.188. The first-order valence-corrected chi connectivity index (χ1v) is 8.09. The molecular weight excluding hydrogens is 149 g/mol. The van der Waals surface area contributed by atoms with E-state index in [1.165, 1.54) is 0 Å². The zero-order chi connectivity index (χ0) is 6.28. The first-order chi connectivity index (χ1) is 3.15. The molecule has 2 N–H and O–H groups in total. The molecule has 7 heavy (non-hydrogen) atoms. The Morgan fingerprint density at radius 1 is 1.29 bits per heavy atom. The van der Waals surface area contributed by atoms with E-state index in [0.29, 0.717) is 0 Å². The summed E-state index contributed by atoms with van der Waals surface area (Å²) in [6, 6.07) is 0. The number of hydrogen-bond acceptors (Lipinski definition) is 1. The molecule has 0 aliphatic heterocycles. The van der Waals surface area contributed by atoms with Gasteiger partial charge in [0.05, 0.1) is 0 Å². The molecule has 2 heteroatoms. The van der Waals surface area contributed by atoms with Crippen molar-refractivity contribution in [2.24, 2.45) is 5.73 Å². The summed E-state index contributed by atoms with van der Waals surface area (Å²) in [5, 5.41) is 0. The fraction of sp³-hybridized carbons (Fsp3) is 1.00. The van der Waals surface area contributed by atoms with E-state index in [2.05, 4.69) is 17.1 Å². The zero-order valence-electron chi connectivity index (χ0n) is 5.73. The maximum atomic E-state index is 4.85. The van der Waals surface area contributed by atoms with Gasteiger partial charge in [0.15, 0.2) is 0 Å². The SMILES string of the molecule is CCN.C[As](C)C. The molecule has 0 aliphatic carbocycles. The molecular formula is C5H16AsN. The Bertz CT molecular complexity index is 19.3. The van der Waals surface area contributed by atoms with E-state index in [4.69, 9.17) is 5.73 Å². The molecule has 0 aromatic carbocycles. The van der Waals surface area contributed by atoms with Gasteiger partial charge >= 0.3 is 31.8 Å². The Hall–Kier alpha value is 0.518. The molecule has 0 fully saturated rings. The van der Waals surface area contributed by atoms with Gasteiger partial charge in [0.2, 0.25) is 0 Å². The van der Waals surface area contributed by atoms with Crippen molar-refractivity contribution in [3.63, 3.8) is 0 Å². The first-order valence-electron chi connectivity index (χ1n) is 2.46. The summed E-state index contributed by atoms with van der Waals surface area (Å²) >= 11 is -0.188. The molecule has 0 bridgehead atoms. The molecule has 0 heterocycles. The van der Waals surface area contributed by atoms with Gasteiger partial charge in [-0.3, -0.25) is 0 Å². The van der Waals surface area contributed by atoms with Crippen LogP contribution in [-0.4, -0.2) is 21.2 Å². The van der Waals surface area contributed by atoms with Crippen LogP contribution in [0.3, 0.4) is 0 Å². The quantitative estimate of drug-likeness (QED) is 0.538. The summed E-state index contributed by atoms with van der Waals surface area (Å²) in [6.45, 7) is 2.65. The van der Waals surface area contributed by atoms with Gasteiger partial charge in [-0.15, -0.1) is 0 Å². The molecule has 1 nitrogen and oxygen atoms in total. The Morgan fingerprint density at radius 3 is 1.29 bits per heavy atom. The predicted octanol–water partition coefficient (Wildman–Crippen LogP) is 1.34. The summed E-state index contributed by atoms with van der Waals surface area (Å²) in [5.41, 5.74) is 11.8. The van der Waals surface area contributed by atoms with Crippen molar-refractivity contribution in [2.45, 2.75) is 24.1 Å². The first kappa shape index (κ1) is 10.5. The molecule has 0 amide bonds. The van der Waals surface area contributed by atoms with Crippen molar-refractivity contribution in [1.82, 2.24) is 0 Å². The van der Waals surface area contributed by atoms with Crippen molar-refractivity contribution in [1.29, 1.82) is 0 Å². The van der Waals surface area contributed by atoms with Crippen LogP contribution in [0.25, 0.3) is 0 Å². The monoisotopic (exact) mass is 165 g/mol. The Kier molecular flexibility index (Phi) is 14.6. The summed E-state index contributed by atoms with van der Waals surface area (Å²) in [5.74, 6) is 0. The fourth-order valence-corrected chi connectivity index (χ4v) is 0. The van der Waals surface area contributed by atoms with E-state index in [1.54, 1.807) is 0 Å². The van der Waals surface area contributed by atoms with E-state index in [1.807, 2.05) is 6.92 Å². The van der Waals surface area contributed by atoms with Crippen molar-refractivity contribution in [3.8, 4) is 0 Å². The third-order valence-corrected chi connectivity index (χ3v) is 0. The van der Waals surface area contributed by atoms with Crippen LogP contribution in [0.15, 0.2) is 0 Å². The van der Waals surface area contributed by atoms with E-state index >= 15 is 0 Å². The van der Waals surface area contributed by atoms with Gasteiger partial charge in [-0.25, -0.2) is 0 Å². The number of hydrogen-bond donors (Lipinski definition) is 1.